The van der Waals surface area contributed by atoms with E-state index >= 15 is 0 Å². The number of para-hydroxylation sites is 1. The van der Waals surface area contributed by atoms with E-state index in [9.17, 15) is 14.0 Å². The fourth-order valence-electron chi connectivity index (χ4n) is 2.86. The summed E-state index contributed by atoms with van der Waals surface area (Å²) >= 11 is 0. The summed E-state index contributed by atoms with van der Waals surface area (Å²) in [6.45, 7) is 0. The molecule has 8 heteroatoms. The highest BCUT2D eigenvalue weighted by Crippen LogP contribution is 2.28. The lowest BCUT2D eigenvalue weighted by Crippen LogP contribution is -2.17. The molecule has 0 N–H and O–H groups in total. The Hall–Kier alpha value is -4.33. The second-order valence-electron chi connectivity index (χ2n) is 6.46. The second kappa shape index (κ2) is 8.58. The summed E-state index contributed by atoms with van der Waals surface area (Å²) in [5.41, 5.74) is 1.11. The summed E-state index contributed by atoms with van der Waals surface area (Å²) in [6, 6.07) is 16.8. The average Bonchev–Trinajstić information content (AvgIpc) is 2.80. The van der Waals surface area contributed by atoms with Crippen LogP contribution in [0.15, 0.2) is 83.0 Å². The topological polar surface area (TPSA) is 82.8 Å². The van der Waals surface area contributed by atoms with Crippen molar-refractivity contribution < 1.29 is 18.7 Å². The maximum atomic E-state index is 13.0. The van der Waals surface area contributed by atoms with Gasteiger partial charge in [0, 0.05) is 0 Å². The van der Waals surface area contributed by atoms with E-state index in [2.05, 4.69) is 10.1 Å². The lowest BCUT2D eigenvalue weighted by Gasteiger charge is -2.10. The Bertz CT molecular complexity index is 1350. The molecule has 154 valence electrons. The van der Waals surface area contributed by atoms with Gasteiger partial charge in [-0.2, -0.15) is 9.78 Å². The van der Waals surface area contributed by atoms with Gasteiger partial charge in [-0.1, -0.05) is 12.1 Å². The lowest BCUT2D eigenvalue weighted by molar-refractivity contribution is 0.0729. The van der Waals surface area contributed by atoms with E-state index in [1.165, 1.54) is 43.9 Å². The van der Waals surface area contributed by atoms with E-state index in [1.807, 2.05) is 0 Å². The van der Waals surface area contributed by atoms with E-state index in [4.69, 9.17) is 9.47 Å². The highest BCUT2D eigenvalue weighted by atomic mass is 19.1. The van der Waals surface area contributed by atoms with Gasteiger partial charge in [-0.25, -0.2) is 14.2 Å². The van der Waals surface area contributed by atoms with Crippen molar-refractivity contribution in [1.82, 2.24) is 9.66 Å². The number of carbonyl (C=O) groups is 1. The molecule has 0 bridgehead atoms. The molecule has 0 atom stereocenters. The van der Waals surface area contributed by atoms with Gasteiger partial charge in [0.05, 0.1) is 29.8 Å². The maximum Gasteiger partial charge on any atom is 0.343 e. The van der Waals surface area contributed by atoms with Crippen LogP contribution in [0.25, 0.3) is 10.9 Å². The third-order valence-corrected chi connectivity index (χ3v) is 4.45. The SMILES string of the molecule is COc1cc(/C=N/n2cnc3ccccc3c2=O)ccc1OC(=O)c1ccc(F)cc1. The van der Waals surface area contributed by atoms with Crippen molar-refractivity contribution >= 4 is 23.1 Å². The quantitative estimate of drug-likeness (QED) is 0.281. The first-order chi connectivity index (χ1) is 15.0. The number of esters is 1. The molecule has 0 radical (unpaired) electrons. The predicted molar refractivity (Wildman–Crippen MR) is 113 cm³/mol. The van der Waals surface area contributed by atoms with Gasteiger partial charge >= 0.3 is 5.97 Å². The van der Waals surface area contributed by atoms with E-state index in [0.717, 1.165) is 4.68 Å². The number of benzene rings is 3. The Morgan fingerprint density at radius 2 is 1.84 bits per heavy atom. The predicted octanol–water partition coefficient (Wildman–Crippen LogP) is 3.65. The molecule has 0 aliphatic rings. The summed E-state index contributed by atoms with van der Waals surface area (Å²) in [5, 5.41) is 4.63. The van der Waals surface area contributed by atoms with E-state index in [-0.39, 0.29) is 16.9 Å². The molecule has 3 aromatic carbocycles. The van der Waals surface area contributed by atoms with E-state index in [0.29, 0.717) is 22.2 Å². The summed E-state index contributed by atoms with van der Waals surface area (Å²) in [5.74, 6) is -0.603. The molecule has 0 aliphatic carbocycles. The molecule has 7 nitrogen and oxygen atoms in total. The molecule has 1 aromatic heterocycles. The number of hydrogen-bond acceptors (Lipinski definition) is 6. The van der Waals surface area contributed by atoms with Crippen molar-refractivity contribution in [3.8, 4) is 11.5 Å². The third kappa shape index (κ3) is 4.32. The molecule has 4 aromatic rings. The molecular formula is C23H16FN3O4. The van der Waals surface area contributed by atoms with E-state index in [1.54, 1.807) is 42.5 Å². The number of methoxy groups -OCH3 is 1. The largest absolute Gasteiger partial charge is 0.493 e. The third-order valence-electron chi connectivity index (χ3n) is 4.45. The highest BCUT2D eigenvalue weighted by molar-refractivity contribution is 5.91. The first-order valence-electron chi connectivity index (χ1n) is 9.22. The van der Waals surface area contributed by atoms with Crippen LogP contribution in [-0.2, 0) is 0 Å². The summed E-state index contributed by atoms with van der Waals surface area (Å²) in [4.78, 5) is 29.0. The number of fused-ring (bicyclic) bond motifs is 1. The molecule has 0 amide bonds. The molecule has 0 aliphatic heterocycles. The van der Waals surface area contributed by atoms with Crippen LogP contribution in [0.2, 0.25) is 0 Å². The zero-order valence-electron chi connectivity index (χ0n) is 16.4. The molecule has 0 spiro atoms. The Labute approximate surface area is 176 Å². The minimum atomic E-state index is -0.645. The van der Waals surface area contributed by atoms with Crippen molar-refractivity contribution in [2.24, 2.45) is 5.10 Å². The first-order valence-corrected chi connectivity index (χ1v) is 9.22. The first kappa shape index (κ1) is 20.0. The Balaban J connectivity index is 1.57. The highest BCUT2D eigenvalue weighted by Gasteiger charge is 2.13. The lowest BCUT2D eigenvalue weighted by atomic mass is 10.2. The molecule has 31 heavy (non-hydrogen) atoms. The van der Waals surface area contributed by atoms with Gasteiger partial charge in [0.1, 0.15) is 12.1 Å². The fourth-order valence-corrected chi connectivity index (χ4v) is 2.86. The summed E-state index contributed by atoms with van der Waals surface area (Å²) in [6.07, 6.45) is 2.81. The van der Waals surface area contributed by atoms with Crippen LogP contribution in [0.4, 0.5) is 4.39 Å². The van der Waals surface area contributed by atoms with Crippen LogP contribution < -0.4 is 15.0 Å². The molecule has 4 rings (SSSR count). The number of aromatic nitrogens is 2. The smallest absolute Gasteiger partial charge is 0.343 e. The number of rotatable bonds is 5. The minimum Gasteiger partial charge on any atom is -0.493 e. The molecule has 0 fully saturated rings. The zero-order chi connectivity index (χ0) is 21.8. The summed E-state index contributed by atoms with van der Waals surface area (Å²) in [7, 11) is 1.43. The molecule has 0 unspecified atom stereocenters. The Morgan fingerprint density at radius 3 is 2.61 bits per heavy atom. The van der Waals surface area contributed by atoms with Crippen molar-refractivity contribution in [2.45, 2.75) is 0 Å². The van der Waals surface area contributed by atoms with E-state index < -0.39 is 11.8 Å². The van der Waals surface area contributed by atoms with Crippen LogP contribution in [-0.4, -0.2) is 29.0 Å². The fraction of sp³-hybridized carbons (Fsp3) is 0.0435. The number of hydrogen-bond donors (Lipinski definition) is 0. The van der Waals surface area contributed by atoms with Crippen LogP contribution in [0.5, 0.6) is 11.5 Å². The second-order valence-corrected chi connectivity index (χ2v) is 6.46. The van der Waals surface area contributed by atoms with Crippen molar-refractivity contribution in [3.05, 3.63) is 100 Å². The Morgan fingerprint density at radius 1 is 1.06 bits per heavy atom. The van der Waals surface area contributed by atoms with Gasteiger partial charge in [-0.3, -0.25) is 4.79 Å². The Kier molecular flexibility index (Phi) is 5.53. The number of carbonyl (C=O) groups excluding carboxylic acids is 1. The van der Waals surface area contributed by atoms with Crippen LogP contribution in [0, 0.1) is 5.82 Å². The standard InChI is InChI=1S/C23H16FN3O4/c1-30-21-12-15(6-11-20(21)31-23(29)16-7-9-17(24)10-8-16)13-26-27-14-25-19-5-3-2-4-18(19)22(27)28/h2-14H,1H3/b26-13+. The minimum absolute atomic E-state index is 0.193. The summed E-state index contributed by atoms with van der Waals surface area (Å²) < 4.78 is 24.8. The van der Waals surface area contributed by atoms with Crippen molar-refractivity contribution in [1.29, 1.82) is 0 Å². The average molecular weight is 417 g/mol. The zero-order valence-corrected chi connectivity index (χ0v) is 16.4. The maximum absolute atomic E-state index is 13.0. The van der Waals surface area contributed by atoms with Gasteiger partial charge in [0.25, 0.3) is 5.56 Å². The van der Waals surface area contributed by atoms with Crippen molar-refractivity contribution in [3.63, 3.8) is 0 Å². The van der Waals surface area contributed by atoms with Gasteiger partial charge in [0.15, 0.2) is 11.5 Å². The molecule has 0 saturated heterocycles. The van der Waals surface area contributed by atoms with Gasteiger partial charge in [-0.05, 0) is 60.2 Å². The normalized spacial score (nSPS) is 11.0. The number of ether oxygens (including phenoxy) is 2. The van der Waals surface area contributed by atoms with Crippen LogP contribution in [0.1, 0.15) is 15.9 Å². The molecule has 0 saturated carbocycles. The van der Waals surface area contributed by atoms with Crippen molar-refractivity contribution in [2.75, 3.05) is 7.11 Å². The van der Waals surface area contributed by atoms with Gasteiger partial charge in [-0.15, -0.1) is 0 Å². The number of halogens is 1. The molecular weight excluding hydrogens is 401 g/mol. The molecule has 1 heterocycles. The number of nitrogens with zero attached hydrogens (tertiary/aromatic N) is 3. The van der Waals surface area contributed by atoms with Crippen LogP contribution in [0.3, 0.4) is 0 Å². The monoisotopic (exact) mass is 417 g/mol. The van der Waals surface area contributed by atoms with Gasteiger partial charge < -0.3 is 9.47 Å². The van der Waals surface area contributed by atoms with Gasteiger partial charge in [0.2, 0.25) is 0 Å². The van der Waals surface area contributed by atoms with Crippen LogP contribution >= 0.6 is 0 Å².